The maximum atomic E-state index is 9.56. The summed E-state index contributed by atoms with van der Waals surface area (Å²) in [4.78, 5) is 0. The number of rotatable bonds is 5. The monoisotopic (exact) mass is 186 g/mol. The van der Waals surface area contributed by atoms with E-state index in [1.165, 1.54) is 0 Å². The van der Waals surface area contributed by atoms with Crippen molar-refractivity contribution in [2.45, 2.75) is 38.6 Å². The first kappa shape index (κ1) is 10.7. The topological polar surface area (TPSA) is 38.7 Å². The molecular weight excluding hydrogens is 168 g/mol. The van der Waals surface area contributed by atoms with Crippen LogP contribution in [0, 0.1) is 0 Å². The van der Waals surface area contributed by atoms with Gasteiger partial charge in [0, 0.05) is 6.42 Å². The molecule has 0 saturated carbocycles. The zero-order valence-electron chi connectivity index (χ0n) is 8.16. The smallest absolute Gasteiger partial charge is 0.160 e. The fourth-order valence-electron chi connectivity index (χ4n) is 1.30. The van der Waals surface area contributed by atoms with Crippen molar-refractivity contribution in [1.82, 2.24) is 0 Å². The molecule has 1 fully saturated rings. The van der Waals surface area contributed by atoms with Crippen molar-refractivity contribution in [2.75, 3.05) is 13.2 Å². The fourth-order valence-corrected chi connectivity index (χ4v) is 1.30. The lowest BCUT2D eigenvalue weighted by atomic mass is 10.1. The van der Waals surface area contributed by atoms with Gasteiger partial charge in [-0.2, -0.15) is 0 Å². The predicted molar refractivity (Wildman–Crippen MR) is 50.4 cm³/mol. The molecule has 1 rings (SSSR count). The van der Waals surface area contributed by atoms with Crippen LogP contribution in [-0.4, -0.2) is 30.7 Å². The lowest BCUT2D eigenvalue weighted by Crippen LogP contribution is -2.18. The molecule has 13 heavy (non-hydrogen) atoms. The summed E-state index contributed by atoms with van der Waals surface area (Å²) in [7, 11) is 0. The lowest BCUT2D eigenvalue weighted by Gasteiger charge is -2.14. The Kier molecular flexibility index (Phi) is 4.42. The minimum atomic E-state index is -0.334. The Morgan fingerprint density at radius 1 is 1.54 bits per heavy atom. The second kappa shape index (κ2) is 5.37. The Labute approximate surface area is 79.3 Å². The molecule has 0 aromatic carbocycles. The summed E-state index contributed by atoms with van der Waals surface area (Å²) in [6.45, 7) is 7.05. The average Bonchev–Trinajstić information content (AvgIpc) is 2.53. The van der Waals surface area contributed by atoms with Gasteiger partial charge in [-0.25, -0.2) is 0 Å². The highest BCUT2D eigenvalue weighted by molar-refractivity contribution is 4.88. The van der Waals surface area contributed by atoms with Gasteiger partial charge in [0.2, 0.25) is 0 Å². The van der Waals surface area contributed by atoms with Crippen LogP contribution in [0.4, 0.5) is 0 Å². The molecule has 1 N–H and O–H groups in total. The summed E-state index contributed by atoms with van der Waals surface area (Å²) in [6, 6.07) is 0. The molecule has 1 atom stereocenters. The first-order valence-electron chi connectivity index (χ1n) is 4.74. The van der Waals surface area contributed by atoms with Gasteiger partial charge in [0.1, 0.15) is 0 Å². The molecule has 1 unspecified atom stereocenters. The second-order valence-electron chi connectivity index (χ2n) is 3.56. The minimum absolute atomic E-state index is 0.194. The van der Waals surface area contributed by atoms with E-state index >= 15 is 0 Å². The zero-order valence-corrected chi connectivity index (χ0v) is 8.16. The zero-order chi connectivity index (χ0) is 9.68. The number of ether oxygens (including phenoxy) is 2. The third kappa shape index (κ3) is 4.41. The van der Waals surface area contributed by atoms with E-state index < -0.39 is 0 Å². The van der Waals surface area contributed by atoms with Crippen molar-refractivity contribution in [3.05, 3.63) is 12.2 Å². The Morgan fingerprint density at radius 3 is 2.69 bits per heavy atom. The van der Waals surface area contributed by atoms with Gasteiger partial charge < -0.3 is 14.6 Å². The predicted octanol–water partition coefficient (Wildman–Crippen LogP) is 1.47. The Balaban J connectivity index is 2.09. The van der Waals surface area contributed by atoms with Crippen LogP contribution >= 0.6 is 0 Å². The Morgan fingerprint density at radius 2 is 2.15 bits per heavy atom. The molecule has 76 valence electrons. The van der Waals surface area contributed by atoms with Crippen LogP contribution < -0.4 is 0 Å². The van der Waals surface area contributed by atoms with E-state index in [4.69, 9.17) is 9.47 Å². The van der Waals surface area contributed by atoms with Crippen LogP contribution in [0.25, 0.3) is 0 Å². The fraction of sp³-hybridized carbons (Fsp3) is 0.800. The largest absolute Gasteiger partial charge is 0.393 e. The molecule has 1 heterocycles. The van der Waals surface area contributed by atoms with E-state index in [0.717, 1.165) is 18.4 Å². The van der Waals surface area contributed by atoms with Crippen LogP contribution in [0.2, 0.25) is 0 Å². The molecule has 1 saturated heterocycles. The van der Waals surface area contributed by atoms with E-state index in [1.807, 2.05) is 6.92 Å². The van der Waals surface area contributed by atoms with E-state index in [2.05, 4.69) is 6.58 Å². The molecule has 0 bridgehead atoms. The molecule has 3 heteroatoms. The molecule has 0 amide bonds. The maximum Gasteiger partial charge on any atom is 0.160 e. The number of aliphatic hydroxyl groups is 1. The van der Waals surface area contributed by atoms with Gasteiger partial charge in [0.15, 0.2) is 6.29 Å². The molecule has 0 aliphatic carbocycles. The number of allylic oxidation sites excluding steroid dienone is 1. The van der Waals surface area contributed by atoms with Crippen molar-refractivity contribution in [1.29, 1.82) is 0 Å². The third-order valence-corrected chi connectivity index (χ3v) is 2.06. The summed E-state index contributed by atoms with van der Waals surface area (Å²) < 4.78 is 10.5. The first-order chi connectivity index (χ1) is 6.18. The van der Waals surface area contributed by atoms with E-state index in [1.54, 1.807) is 0 Å². The first-order valence-corrected chi connectivity index (χ1v) is 4.74. The quantitative estimate of drug-likeness (QED) is 0.661. The highest BCUT2D eigenvalue weighted by Crippen LogP contribution is 2.14. The van der Waals surface area contributed by atoms with Crippen LogP contribution in [0.3, 0.4) is 0 Å². The normalized spacial score (nSPS) is 20.5. The summed E-state index contributed by atoms with van der Waals surface area (Å²) in [6.07, 6.45) is 1.67. The van der Waals surface area contributed by atoms with Gasteiger partial charge in [-0.3, -0.25) is 0 Å². The average molecular weight is 186 g/mol. The standard InChI is InChI=1S/C10H18O3/c1-8(2)3-4-9(11)7-10-12-5-6-13-10/h9-11H,1,3-7H2,2H3. The van der Waals surface area contributed by atoms with E-state index in [-0.39, 0.29) is 12.4 Å². The highest BCUT2D eigenvalue weighted by Gasteiger charge is 2.19. The van der Waals surface area contributed by atoms with E-state index in [0.29, 0.717) is 19.6 Å². The van der Waals surface area contributed by atoms with Crippen LogP contribution in [-0.2, 0) is 9.47 Å². The molecule has 0 aromatic rings. The number of hydrogen-bond acceptors (Lipinski definition) is 3. The summed E-state index contributed by atoms with van der Waals surface area (Å²) in [5, 5.41) is 9.56. The molecule has 3 nitrogen and oxygen atoms in total. The van der Waals surface area contributed by atoms with Crippen molar-refractivity contribution >= 4 is 0 Å². The highest BCUT2D eigenvalue weighted by atomic mass is 16.7. The van der Waals surface area contributed by atoms with Crippen LogP contribution in [0.5, 0.6) is 0 Å². The number of aliphatic hydroxyl groups excluding tert-OH is 1. The molecule has 0 radical (unpaired) electrons. The second-order valence-corrected chi connectivity index (χ2v) is 3.56. The summed E-state index contributed by atoms with van der Waals surface area (Å²) in [5.74, 6) is 0. The maximum absolute atomic E-state index is 9.56. The third-order valence-electron chi connectivity index (χ3n) is 2.06. The van der Waals surface area contributed by atoms with E-state index in [9.17, 15) is 5.11 Å². The van der Waals surface area contributed by atoms with Crippen molar-refractivity contribution in [3.63, 3.8) is 0 Å². The van der Waals surface area contributed by atoms with Gasteiger partial charge in [0.25, 0.3) is 0 Å². The van der Waals surface area contributed by atoms with Crippen molar-refractivity contribution < 1.29 is 14.6 Å². The van der Waals surface area contributed by atoms with Crippen molar-refractivity contribution in [2.24, 2.45) is 0 Å². The minimum Gasteiger partial charge on any atom is -0.393 e. The summed E-state index contributed by atoms with van der Waals surface area (Å²) in [5.41, 5.74) is 1.10. The Bertz CT molecular complexity index is 162. The molecule has 0 spiro atoms. The molecular formula is C10H18O3. The van der Waals surface area contributed by atoms with Crippen LogP contribution in [0.15, 0.2) is 12.2 Å². The number of hydrogen-bond donors (Lipinski definition) is 1. The SMILES string of the molecule is C=C(C)CCC(O)CC1OCCO1. The van der Waals surface area contributed by atoms with Gasteiger partial charge in [-0.15, -0.1) is 6.58 Å². The molecule has 0 aromatic heterocycles. The summed E-state index contributed by atoms with van der Waals surface area (Å²) >= 11 is 0. The molecule has 1 aliphatic heterocycles. The van der Waals surface area contributed by atoms with Gasteiger partial charge >= 0.3 is 0 Å². The van der Waals surface area contributed by atoms with Gasteiger partial charge in [-0.1, -0.05) is 5.57 Å². The van der Waals surface area contributed by atoms with Crippen LogP contribution in [0.1, 0.15) is 26.2 Å². The van der Waals surface area contributed by atoms with Gasteiger partial charge in [0.05, 0.1) is 19.3 Å². The van der Waals surface area contributed by atoms with Gasteiger partial charge in [-0.05, 0) is 19.8 Å². The lowest BCUT2D eigenvalue weighted by molar-refractivity contribution is -0.0709. The molecule has 1 aliphatic rings. The Hall–Kier alpha value is -0.380. The van der Waals surface area contributed by atoms with Crippen molar-refractivity contribution in [3.8, 4) is 0 Å².